The number of hydrogen-bond acceptors (Lipinski definition) is 0. The topological polar surface area (TPSA) is 0 Å². The average Bonchev–Trinajstić information content (AvgIpc) is 2.38. The van der Waals surface area contributed by atoms with Crippen LogP contribution in [0.25, 0.3) is 0 Å². The second-order valence-corrected chi connectivity index (χ2v) is 2.36. The van der Waals surface area contributed by atoms with E-state index in [1.165, 1.54) is 6.42 Å². The molecule has 0 bridgehead atoms. The maximum Gasteiger partial charge on any atom is 0 e. The molecule has 0 fully saturated rings. The van der Waals surface area contributed by atoms with Crippen molar-refractivity contribution in [3.8, 4) is 0 Å². The van der Waals surface area contributed by atoms with Crippen LogP contribution in [0.4, 0.5) is 0 Å². The molecule has 0 saturated heterocycles. The Morgan fingerprint density at radius 3 is 0.778 bits per heavy atom. The van der Waals surface area contributed by atoms with Gasteiger partial charge in [0.2, 0.25) is 0 Å². The van der Waals surface area contributed by atoms with Crippen molar-refractivity contribution in [2.75, 3.05) is 0 Å². The van der Waals surface area contributed by atoms with E-state index in [1.54, 1.807) is 0 Å². The molecular formula is C17H37U-. The van der Waals surface area contributed by atoms with E-state index in [2.05, 4.69) is 20.8 Å². The van der Waals surface area contributed by atoms with Gasteiger partial charge in [-0.3, -0.25) is 0 Å². The molecule has 0 nitrogen and oxygen atoms in total. The molecule has 0 radical (unpaired) electrons. The molecule has 0 amide bonds. The van der Waals surface area contributed by atoms with Crippen LogP contribution in [0.2, 0.25) is 0 Å². The van der Waals surface area contributed by atoms with Gasteiger partial charge in [-0.25, -0.2) is 0 Å². The Balaban J connectivity index is -0.0000000267. The SMILES string of the molecule is C.CC.CC.CCC.[CH2-]CC.[U].c1ccccc1. The summed E-state index contributed by atoms with van der Waals surface area (Å²) >= 11 is 0. The van der Waals surface area contributed by atoms with Gasteiger partial charge in [0.1, 0.15) is 0 Å². The third-order valence-corrected chi connectivity index (χ3v) is 0.667. The van der Waals surface area contributed by atoms with Crippen LogP contribution in [0, 0.1) is 38.0 Å². The Morgan fingerprint density at radius 1 is 0.667 bits per heavy atom. The smallest absolute Gasteiger partial charge is 0 e. The van der Waals surface area contributed by atoms with Gasteiger partial charge < -0.3 is 6.92 Å². The van der Waals surface area contributed by atoms with Crippen LogP contribution in [-0.4, -0.2) is 0 Å². The first-order valence-electron chi connectivity index (χ1n) is 6.62. The molecule has 1 aromatic carbocycles. The van der Waals surface area contributed by atoms with E-state index in [4.69, 9.17) is 0 Å². The Hall–Kier alpha value is 0.272. The third-order valence-electron chi connectivity index (χ3n) is 0.667. The van der Waals surface area contributed by atoms with Crippen molar-refractivity contribution in [3.63, 3.8) is 0 Å². The van der Waals surface area contributed by atoms with Gasteiger partial charge in [0, 0.05) is 31.1 Å². The molecule has 0 spiro atoms. The number of rotatable bonds is 0. The zero-order valence-electron chi connectivity index (χ0n) is 13.1. The van der Waals surface area contributed by atoms with Gasteiger partial charge in [-0.2, -0.15) is 6.42 Å². The number of benzene rings is 1. The number of hydrogen-bond donors (Lipinski definition) is 0. The molecule has 0 N–H and O–H groups in total. The van der Waals surface area contributed by atoms with E-state index < -0.39 is 0 Å². The summed E-state index contributed by atoms with van der Waals surface area (Å²) < 4.78 is 0. The fourth-order valence-corrected chi connectivity index (χ4v) is 0.385. The van der Waals surface area contributed by atoms with Crippen molar-refractivity contribution >= 4 is 0 Å². The summed E-state index contributed by atoms with van der Waals surface area (Å²) in [5.41, 5.74) is 0. The van der Waals surface area contributed by atoms with Crippen LogP contribution in [0.3, 0.4) is 0 Å². The van der Waals surface area contributed by atoms with Gasteiger partial charge in [-0.1, -0.05) is 98.7 Å². The van der Waals surface area contributed by atoms with Gasteiger partial charge in [0.05, 0.1) is 0 Å². The van der Waals surface area contributed by atoms with Crippen molar-refractivity contribution in [2.24, 2.45) is 0 Å². The molecule has 0 aliphatic carbocycles. The van der Waals surface area contributed by atoms with Crippen molar-refractivity contribution in [3.05, 3.63) is 43.3 Å². The monoisotopic (exact) mass is 479 g/mol. The van der Waals surface area contributed by atoms with E-state index in [-0.39, 0.29) is 38.5 Å². The van der Waals surface area contributed by atoms with Crippen LogP contribution in [0.15, 0.2) is 36.4 Å². The van der Waals surface area contributed by atoms with Gasteiger partial charge >= 0.3 is 0 Å². The molecule has 1 aromatic rings. The third kappa shape index (κ3) is 96.5. The first-order chi connectivity index (χ1) is 7.83. The van der Waals surface area contributed by atoms with E-state index in [9.17, 15) is 0 Å². The summed E-state index contributed by atoms with van der Waals surface area (Å²) in [5.74, 6) is 0. The minimum Gasteiger partial charge on any atom is -0.344 e. The van der Waals surface area contributed by atoms with Crippen LogP contribution in [0.5, 0.6) is 0 Å². The second kappa shape index (κ2) is 66.8. The standard InChI is InChI=1S/C6H6.C3H8.C3H7.2C2H6.CH4.U/c1-2-4-6-5-3-1;2*1-3-2;2*1-2;;/h1-6H;3H2,1-2H3;1,3H2,2H3;2*1-2H3;1H4;/q;;-1;;;;. The fourth-order valence-electron chi connectivity index (χ4n) is 0.385. The van der Waals surface area contributed by atoms with Crippen LogP contribution < -0.4 is 0 Å². The molecule has 0 unspecified atom stereocenters. The Bertz CT molecular complexity index is 97.6. The van der Waals surface area contributed by atoms with Crippen LogP contribution in [-0.2, 0) is 0 Å². The molecule has 1 heteroatoms. The van der Waals surface area contributed by atoms with Gasteiger partial charge in [-0.15, -0.1) is 0 Å². The summed E-state index contributed by atoms with van der Waals surface area (Å²) in [6.07, 6.45) is 2.25. The minimum atomic E-state index is 0. The van der Waals surface area contributed by atoms with Crippen molar-refractivity contribution in [1.82, 2.24) is 0 Å². The second-order valence-electron chi connectivity index (χ2n) is 2.36. The molecular weight excluding hydrogens is 442 g/mol. The van der Waals surface area contributed by atoms with E-state index in [0.29, 0.717) is 0 Å². The van der Waals surface area contributed by atoms with Crippen molar-refractivity contribution in [1.29, 1.82) is 0 Å². The predicted molar refractivity (Wildman–Crippen MR) is 87.5 cm³/mol. The summed E-state index contributed by atoms with van der Waals surface area (Å²) in [7, 11) is 0. The molecule has 1 rings (SSSR count). The zero-order chi connectivity index (χ0) is 13.7. The van der Waals surface area contributed by atoms with Gasteiger partial charge in [0.15, 0.2) is 0 Å². The summed E-state index contributed by atoms with van der Waals surface area (Å²) in [5, 5.41) is 0. The Labute approximate surface area is 142 Å². The summed E-state index contributed by atoms with van der Waals surface area (Å²) in [4.78, 5) is 0. The maximum absolute atomic E-state index is 3.49. The van der Waals surface area contributed by atoms with Crippen LogP contribution in [0.1, 0.15) is 68.7 Å². The average molecular weight is 480 g/mol. The Kier molecular flexibility index (Phi) is 134. The zero-order valence-corrected chi connectivity index (χ0v) is 17.2. The van der Waals surface area contributed by atoms with Crippen molar-refractivity contribution in [2.45, 2.75) is 68.7 Å². The normalized spacial score (nSPS) is 5.33. The molecule has 0 aromatic heterocycles. The molecule has 18 heavy (non-hydrogen) atoms. The van der Waals surface area contributed by atoms with E-state index in [0.717, 1.165) is 6.42 Å². The van der Waals surface area contributed by atoms with Crippen molar-refractivity contribution < 1.29 is 31.1 Å². The minimum absolute atomic E-state index is 0. The van der Waals surface area contributed by atoms with Gasteiger partial charge in [-0.05, 0) is 0 Å². The quantitative estimate of drug-likeness (QED) is 0.351. The molecule has 0 aliphatic rings. The van der Waals surface area contributed by atoms with Crippen LogP contribution >= 0.6 is 0 Å². The van der Waals surface area contributed by atoms with E-state index in [1.807, 2.05) is 71.0 Å². The summed E-state index contributed by atoms with van der Waals surface area (Å²) in [6.45, 7) is 17.8. The molecule has 110 valence electrons. The Morgan fingerprint density at radius 2 is 0.722 bits per heavy atom. The van der Waals surface area contributed by atoms with Gasteiger partial charge in [0.25, 0.3) is 0 Å². The summed E-state index contributed by atoms with van der Waals surface area (Å²) in [6, 6.07) is 12.0. The molecule has 0 aliphatic heterocycles. The largest absolute Gasteiger partial charge is 0.344 e. The fraction of sp³-hybridized carbons (Fsp3) is 0.588. The maximum atomic E-state index is 3.49. The first-order valence-corrected chi connectivity index (χ1v) is 6.62. The molecule has 0 atom stereocenters. The first kappa shape index (κ1) is 36.2. The predicted octanol–water partition coefficient (Wildman–Crippen LogP) is 7.02. The molecule has 0 heterocycles. The van der Waals surface area contributed by atoms with E-state index >= 15 is 0 Å². The molecule has 0 saturated carbocycles.